The van der Waals surface area contributed by atoms with Gasteiger partial charge in [0.1, 0.15) is 17.2 Å². The quantitative estimate of drug-likeness (QED) is 0.640. The fourth-order valence-corrected chi connectivity index (χ4v) is 5.33. The van der Waals surface area contributed by atoms with Crippen molar-refractivity contribution in [1.82, 2.24) is 10.6 Å². The molecule has 2 fully saturated rings. The Morgan fingerprint density at radius 2 is 1.90 bits per heavy atom. The first-order valence-electron chi connectivity index (χ1n) is 9.15. The molecule has 2 aromatic carbocycles. The maximum atomic E-state index is 15.1. The molecule has 0 aliphatic carbocycles. The van der Waals surface area contributed by atoms with E-state index in [1.807, 2.05) is 0 Å². The Labute approximate surface area is 174 Å². The van der Waals surface area contributed by atoms with Crippen LogP contribution in [0.4, 0.5) is 14.5 Å². The van der Waals surface area contributed by atoms with Gasteiger partial charge >= 0.3 is 0 Å². The summed E-state index contributed by atoms with van der Waals surface area (Å²) in [5, 5.41) is 8.51. The number of benzene rings is 2. The van der Waals surface area contributed by atoms with Gasteiger partial charge in [-0.15, -0.1) is 0 Å². The lowest BCUT2D eigenvalue weighted by atomic mass is 9.70. The molecule has 2 aromatic rings. The van der Waals surface area contributed by atoms with E-state index in [2.05, 4.69) is 16.0 Å². The smallest absolute Gasteiger partial charge is 0.250 e. The van der Waals surface area contributed by atoms with Crippen LogP contribution in [0, 0.1) is 17.6 Å². The molecule has 3 heterocycles. The fraction of sp³-hybridized carbons (Fsp3) is 0.300. The molecule has 9 heteroatoms. The Bertz CT molecular complexity index is 1080. The van der Waals surface area contributed by atoms with Crippen LogP contribution in [-0.2, 0) is 15.1 Å². The predicted molar refractivity (Wildman–Crippen MR) is 104 cm³/mol. The lowest BCUT2D eigenvalue weighted by Gasteiger charge is -2.32. The number of halogens is 4. The molecule has 0 saturated carbocycles. The van der Waals surface area contributed by atoms with Crippen LogP contribution >= 0.6 is 23.2 Å². The van der Waals surface area contributed by atoms with E-state index in [9.17, 15) is 14.0 Å². The number of rotatable bonds is 1. The summed E-state index contributed by atoms with van der Waals surface area (Å²) in [5.41, 5.74) is -0.757. The molecular formula is C20H15Cl2F2N3O2. The molecule has 2 amide bonds. The third-order valence-electron chi connectivity index (χ3n) is 6.14. The predicted octanol–water partition coefficient (Wildman–Crippen LogP) is 3.31. The molecule has 5 rings (SSSR count). The van der Waals surface area contributed by atoms with Gasteiger partial charge in [0.2, 0.25) is 11.8 Å². The van der Waals surface area contributed by atoms with Crippen LogP contribution in [-0.4, -0.2) is 24.4 Å². The number of hydrogen-bond donors (Lipinski definition) is 3. The van der Waals surface area contributed by atoms with E-state index in [1.165, 1.54) is 24.3 Å². The van der Waals surface area contributed by atoms with Gasteiger partial charge in [0.15, 0.2) is 0 Å². The van der Waals surface area contributed by atoms with Gasteiger partial charge in [0, 0.05) is 29.8 Å². The molecular weight excluding hydrogens is 423 g/mol. The van der Waals surface area contributed by atoms with Crippen molar-refractivity contribution in [2.75, 3.05) is 11.9 Å². The molecule has 5 nitrogen and oxygen atoms in total. The van der Waals surface area contributed by atoms with Crippen LogP contribution in [0.3, 0.4) is 0 Å². The number of carbonyl (C=O) groups excluding carboxylic acids is 2. The molecule has 1 spiro atoms. The standard InChI is InChI=1S/C20H15Cl2F2N3O2/c21-10-3-1-2-8(17(10)24)16-15-13(4-5-25-18(15)28)27-20(16)9-6-12(23)11(22)7-14(9)26-19(20)29/h1-3,6-7,13,15-16,27H,4-5H2,(H,25,28)(H,26,29)/t13-,15+,16-,20+/m0/s1. The monoisotopic (exact) mass is 437 g/mol. The van der Waals surface area contributed by atoms with E-state index in [4.69, 9.17) is 23.2 Å². The summed E-state index contributed by atoms with van der Waals surface area (Å²) >= 11 is 11.9. The highest BCUT2D eigenvalue weighted by molar-refractivity contribution is 6.31. The lowest BCUT2D eigenvalue weighted by Crippen LogP contribution is -2.49. The van der Waals surface area contributed by atoms with Gasteiger partial charge in [0.25, 0.3) is 0 Å². The van der Waals surface area contributed by atoms with Gasteiger partial charge in [-0.25, -0.2) is 8.78 Å². The van der Waals surface area contributed by atoms with Crippen LogP contribution < -0.4 is 16.0 Å². The highest BCUT2D eigenvalue weighted by Gasteiger charge is 2.65. The zero-order valence-electron chi connectivity index (χ0n) is 14.9. The normalized spacial score (nSPS) is 30.1. The number of hydrogen-bond acceptors (Lipinski definition) is 3. The van der Waals surface area contributed by atoms with Gasteiger partial charge in [0.05, 0.1) is 16.0 Å². The third kappa shape index (κ3) is 2.47. The summed E-state index contributed by atoms with van der Waals surface area (Å²) in [7, 11) is 0. The molecule has 2 saturated heterocycles. The van der Waals surface area contributed by atoms with E-state index in [-0.39, 0.29) is 27.6 Å². The Morgan fingerprint density at radius 3 is 2.69 bits per heavy atom. The number of anilines is 1. The van der Waals surface area contributed by atoms with E-state index in [1.54, 1.807) is 6.07 Å². The maximum Gasteiger partial charge on any atom is 0.250 e. The minimum Gasteiger partial charge on any atom is -0.356 e. The molecule has 150 valence electrons. The summed E-state index contributed by atoms with van der Waals surface area (Å²) in [6.07, 6.45) is 0.551. The molecule has 0 unspecified atom stereocenters. The van der Waals surface area contributed by atoms with E-state index < -0.39 is 34.9 Å². The van der Waals surface area contributed by atoms with Crippen molar-refractivity contribution in [2.45, 2.75) is 23.9 Å². The highest BCUT2D eigenvalue weighted by atomic mass is 35.5. The molecule has 3 N–H and O–H groups in total. The Balaban J connectivity index is 1.80. The summed E-state index contributed by atoms with van der Waals surface area (Å²) in [6.45, 7) is 0.428. The zero-order chi connectivity index (χ0) is 20.5. The molecule has 4 atom stereocenters. The van der Waals surface area contributed by atoms with Crippen LogP contribution in [0.25, 0.3) is 0 Å². The SMILES string of the molecule is O=C1NCC[C@@H]2N[C@@]3(C(=O)Nc4cc(Cl)c(F)cc43)[C@@H](c3cccc(Cl)c3F)[C@H]12. The van der Waals surface area contributed by atoms with Crippen molar-refractivity contribution in [3.05, 3.63) is 63.1 Å². The van der Waals surface area contributed by atoms with Crippen molar-refractivity contribution >= 4 is 40.7 Å². The van der Waals surface area contributed by atoms with Crippen molar-refractivity contribution in [2.24, 2.45) is 5.92 Å². The van der Waals surface area contributed by atoms with Crippen molar-refractivity contribution in [1.29, 1.82) is 0 Å². The molecule has 3 aliphatic heterocycles. The fourth-order valence-electron chi connectivity index (χ4n) is 4.99. The second-order valence-electron chi connectivity index (χ2n) is 7.55. The van der Waals surface area contributed by atoms with E-state index in [0.29, 0.717) is 24.2 Å². The van der Waals surface area contributed by atoms with Crippen LogP contribution in [0.5, 0.6) is 0 Å². The van der Waals surface area contributed by atoms with Gasteiger partial charge in [-0.1, -0.05) is 35.3 Å². The first kappa shape index (κ1) is 18.8. The molecule has 29 heavy (non-hydrogen) atoms. The highest BCUT2D eigenvalue weighted by Crippen LogP contribution is 2.56. The number of fused-ring (bicyclic) bond motifs is 3. The number of nitrogens with one attached hydrogen (secondary N) is 3. The summed E-state index contributed by atoms with van der Waals surface area (Å²) in [4.78, 5) is 26.1. The van der Waals surface area contributed by atoms with Gasteiger partial charge in [-0.2, -0.15) is 0 Å². The number of carbonyl (C=O) groups is 2. The molecule has 0 bridgehead atoms. The average Bonchev–Trinajstić information content (AvgIpc) is 3.15. The van der Waals surface area contributed by atoms with E-state index in [0.717, 1.165) is 0 Å². The van der Waals surface area contributed by atoms with Gasteiger partial charge in [-0.3, -0.25) is 14.9 Å². The lowest BCUT2D eigenvalue weighted by molar-refractivity contribution is -0.127. The number of amides is 2. The van der Waals surface area contributed by atoms with Gasteiger partial charge < -0.3 is 10.6 Å². The Kier molecular flexibility index (Phi) is 4.14. The average molecular weight is 438 g/mol. The topological polar surface area (TPSA) is 70.2 Å². The summed E-state index contributed by atoms with van der Waals surface area (Å²) in [6, 6.07) is 6.59. The zero-order valence-corrected chi connectivity index (χ0v) is 16.4. The molecule has 3 aliphatic rings. The first-order valence-corrected chi connectivity index (χ1v) is 9.90. The molecule has 0 aromatic heterocycles. The summed E-state index contributed by atoms with van der Waals surface area (Å²) < 4.78 is 29.5. The second-order valence-corrected chi connectivity index (χ2v) is 8.37. The maximum absolute atomic E-state index is 15.1. The van der Waals surface area contributed by atoms with Crippen LogP contribution in [0.15, 0.2) is 30.3 Å². The van der Waals surface area contributed by atoms with Crippen molar-refractivity contribution < 1.29 is 18.4 Å². The van der Waals surface area contributed by atoms with E-state index >= 15 is 4.39 Å². The first-order chi connectivity index (χ1) is 13.8. The largest absolute Gasteiger partial charge is 0.356 e. The summed E-state index contributed by atoms with van der Waals surface area (Å²) in [5.74, 6) is -3.82. The van der Waals surface area contributed by atoms with Crippen molar-refractivity contribution in [3.63, 3.8) is 0 Å². The van der Waals surface area contributed by atoms with Crippen LogP contribution in [0.2, 0.25) is 10.0 Å². The minimum absolute atomic E-state index is 0.113. The second kappa shape index (κ2) is 6.39. The third-order valence-corrected chi connectivity index (χ3v) is 6.72. The minimum atomic E-state index is -1.52. The van der Waals surface area contributed by atoms with Crippen molar-refractivity contribution in [3.8, 4) is 0 Å². The Morgan fingerprint density at radius 1 is 1.10 bits per heavy atom. The van der Waals surface area contributed by atoms with Crippen LogP contribution in [0.1, 0.15) is 23.5 Å². The molecule has 0 radical (unpaired) electrons. The number of piperidine rings is 1. The Hall–Kier alpha value is -2.22. The van der Waals surface area contributed by atoms with Gasteiger partial charge in [-0.05, 0) is 30.2 Å².